The molecule has 2 aliphatic rings. The van der Waals surface area contributed by atoms with E-state index in [0.29, 0.717) is 38.1 Å². The van der Waals surface area contributed by atoms with Crippen LogP contribution in [0.2, 0.25) is 0 Å². The third-order valence-corrected chi connectivity index (χ3v) is 12.2. The van der Waals surface area contributed by atoms with Crippen LogP contribution in [-0.2, 0) is 57.8 Å². The van der Waals surface area contributed by atoms with E-state index in [1.54, 1.807) is 43.4 Å². The Morgan fingerprint density at radius 3 is 2.00 bits per heavy atom. The summed E-state index contributed by atoms with van der Waals surface area (Å²) in [5.41, 5.74) is -0.271. The first-order chi connectivity index (χ1) is 30.1. The largest absolute Gasteiger partial charge is 0.346 e. The molecule has 334 valence electrons. The van der Waals surface area contributed by atoms with Crippen molar-refractivity contribution in [1.82, 2.24) is 44.6 Å². The van der Waals surface area contributed by atoms with E-state index in [1.807, 2.05) is 0 Å². The highest BCUT2D eigenvalue weighted by Crippen LogP contribution is 2.68. The fourth-order valence-corrected chi connectivity index (χ4v) is 9.69. The minimum Gasteiger partial charge on any atom is -0.346 e. The molecule has 16 nitrogen and oxygen atoms in total. The second-order valence-electron chi connectivity index (χ2n) is 15.9. The first-order valence-electron chi connectivity index (χ1n) is 19.3. The van der Waals surface area contributed by atoms with E-state index in [-0.39, 0.29) is 58.2 Å². The Morgan fingerprint density at radius 2 is 1.42 bits per heavy atom. The molecular weight excluding hydrogens is 893 g/mol. The van der Waals surface area contributed by atoms with E-state index >= 15 is 8.78 Å². The number of hydrogen-bond donors (Lipinski definition) is 3. The SMILES string of the molecule is Cn1nc(NS(C)(=O)=O)c2cccc(-c3cnc([C@H](Cc4cc(F)cc(F)c4)NC(=O)Cn4nc(C(F)F)c5c4C(F)(F)[C@@H]4CC54)c(-c4cccc5c(NS(C)(=O)=O)nn(C)c45)n3)c21. The monoisotopic (exact) mass is 927 g/mol. The van der Waals surface area contributed by atoms with Gasteiger partial charge in [-0.3, -0.25) is 33.3 Å². The summed E-state index contributed by atoms with van der Waals surface area (Å²) in [4.78, 5) is 23.9. The normalized spacial score (nSPS) is 17.2. The topological polar surface area (TPSA) is 201 Å². The zero-order chi connectivity index (χ0) is 45.8. The number of hydrogen-bond acceptors (Lipinski definition) is 10. The number of amides is 1. The number of carbonyl (C=O) groups excluding carboxylic acids is 1. The average molecular weight is 928 g/mol. The van der Waals surface area contributed by atoms with Crippen LogP contribution in [0.3, 0.4) is 0 Å². The van der Waals surface area contributed by atoms with Crippen LogP contribution >= 0.6 is 0 Å². The van der Waals surface area contributed by atoms with Crippen LogP contribution in [-0.4, -0.2) is 74.6 Å². The number of rotatable bonds is 13. The lowest BCUT2D eigenvalue weighted by molar-refractivity contribution is -0.123. The summed E-state index contributed by atoms with van der Waals surface area (Å²) in [6.07, 6.45) is -0.318. The fraction of sp³-hybridized carbons (Fsp3) is 0.300. The van der Waals surface area contributed by atoms with Gasteiger partial charge in [0.05, 0.1) is 52.9 Å². The minimum atomic E-state index is -3.84. The van der Waals surface area contributed by atoms with Crippen LogP contribution < -0.4 is 14.8 Å². The van der Waals surface area contributed by atoms with Crippen LogP contribution in [0.15, 0.2) is 60.8 Å². The molecule has 2 aliphatic carbocycles. The van der Waals surface area contributed by atoms with E-state index in [1.165, 1.54) is 22.6 Å². The van der Waals surface area contributed by atoms with Gasteiger partial charge in [-0.05, 0) is 48.6 Å². The predicted octanol–water partition coefficient (Wildman–Crippen LogP) is 6.05. The van der Waals surface area contributed by atoms with Gasteiger partial charge >= 0.3 is 0 Å². The Balaban J connectivity index is 1.23. The maximum Gasteiger partial charge on any atom is 0.293 e. The van der Waals surface area contributed by atoms with Gasteiger partial charge in [-0.1, -0.05) is 24.3 Å². The van der Waals surface area contributed by atoms with Gasteiger partial charge in [0.2, 0.25) is 26.0 Å². The van der Waals surface area contributed by atoms with E-state index < -0.39 is 85.7 Å². The quantitative estimate of drug-likeness (QED) is 0.114. The van der Waals surface area contributed by atoms with Crippen LogP contribution in [0.25, 0.3) is 44.3 Å². The molecule has 7 aromatic rings. The molecule has 1 fully saturated rings. The van der Waals surface area contributed by atoms with E-state index in [4.69, 9.17) is 9.97 Å². The molecule has 0 spiro atoms. The Bertz CT molecular complexity index is 3300. The number of aromatic nitrogens is 8. The summed E-state index contributed by atoms with van der Waals surface area (Å²) in [7, 11) is -4.48. The molecule has 0 saturated heterocycles. The molecule has 1 saturated carbocycles. The Morgan fingerprint density at radius 1 is 0.844 bits per heavy atom. The van der Waals surface area contributed by atoms with Crippen LogP contribution in [0, 0.1) is 17.6 Å². The van der Waals surface area contributed by atoms with Gasteiger partial charge in [0.15, 0.2) is 11.6 Å². The zero-order valence-electron chi connectivity index (χ0n) is 33.9. The van der Waals surface area contributed by atoms with Gasteiger partial charge in [0, 0.05) is 53.5 Å². The lowest BCUT2D eigenvalue weighted by Gasteiger charge is -2.23. The molecule has 1 amide bonds. The molecular formula is C40H35F6N11O5S2. The highest BCUT2D eigenvalue weighted by Gasteiger charge is 2.67. The smallest absolute Gasteiger partial charge is 0.293 e. The van der Waals surface area contributed by atoms with Crippen molar-refractivity contribution < 1.29 is 48.0 Å². The Kier molecular flexibility index (Phi) is 10.0. The molecule has 0 radical (unpaired) electrons. The second-order valence-corrected chi connectivity index (χ2v) is 19.4. The number of fused-ring (bicyclic) bond motifs is 5. The van der Waals surface area contributed by atoms with Gasteiger partial charge in [-0.15, -0.1) is 0 Å². The van der Waals surface area contributed by atoms with Crippen molar-refractivity contribution in [3.05, 3.63) is 101 Å². The first-order valence-corrected chi connectivity index (χ1v) is 23.1. The Hall–Kier alpha value is -6.56. The number of aryl methyl sites for hydroxylation is 2. The van der Waals surface area contributed by atoms with Crippen molar-refractivity contribution in [2.24, 2.45) is 20.0 Å². The number of halogens is 6. The van der Waals surface area contributed by atoms with Crippen molar-refractivity contribution in [2.45, 2.75) is 43.7 Å². The number of sulfonamides is 2. The molecule has 1 unspecified atom stereocenters. The summed E-state index contributed by atoms with van der Waals surface area (Å²) in [5, 5.41) is 15.9. The van der Waals surface area contributed by atoms with Gasteiger partial charge < -0.3 is 5.32 Å². The predicted molar refractivity (Wildman–Crippen MR) is 221 cm³/mol. The number of benzene rings is 3. The van der Waals surface area contributed by atoms with Crippen molar-refractivity contribution >= 4 is 59.4 Å². The summed E-state index contributed by atoms with van der Waals surface area (Å²) < 4.78 is 146. The third-order valence-electron chi connectivity index (χ3n) is 11.1. The highest BCUT2D eigenvalue weighted by molar-refractivity contribution is 7.92. The van der Waals surface area contributed by atoms with E-state index in [0.717, 1.165) is 24.6 Å². The number of nitrogens with one attached hydrogen (secondary N) is 3. The third kappa shape index (κ3) is 7.66. The molecule has 3 aromatic carbocycles. The summed E-state index contributed by atoms with van der Waals surface area (Å²) in [6.45, 7) is -0.941. The number of para-hydroxylation sites is 2. The van der Waals surface area contributed by atoms with Crippen molar-refractivity contribution in [2.75, 3.05) is 22.0 Å². The highest BCUT2D eigenvalue weighted by atomic mass is 32.2. The number of anilines is 2. The Labute approximate surface area is 359 Å². The van der Waals surface area contributed by atoms with Crippen LogP contribution in [0.1, 0.15) is 53.0 Å². The number of alkyl halides is 4. The molecule has 3 atom stereocenters. The number of nitrogens with zero attached hydrogens (tertiary/aromatic N) is 8. The van der Waals surface area contributed by atoms with Gasteiger partial charge in [0.25, 0.3) is 12.3 Å². The zero-order valence-corrected chi connectivity index (χ0v) is 35.5. The molecule has 3 N–H and O–H groups in total. The molecule has 9 rings (SSSR count). The summed E-state index contributed by atoms with van der Waals surface area (Å²) >= 11 is 0. The maximum atomic E-state index is 15.5. The van der Waals surface area contributed by atoms with Gasteiger partial charge in [0.1, 0.15) is 29.6 Å². The van der Waals surface area contributed by atoms with Crippen molar-refractivity contribution in [3.63, 3.8) is 0 Å². The van der Waals surface area contributed by atoms with Gasteiger partial charge in [-0.2, -0.15) is 24.1 Å². The van der Waals surface area contributed by atoms with Crippen molar-refractivity contribution in [1.29, 1.82) is 0 Å². The lowest BCUT2D eigenvalue weighted by atomic mass is 9.96. The average Bonchev–Trinajstić information content (AvgIpc) is 3.60. The molecule has 24 heteroatoms. The standard InChI is InChI=1S/C40H35F6N11O5S2/c1-55-34-21(7-5-9-23(34)38(51-55)53-63(3,59)60)28-16-47-32(31(49-28)22-8-6-10-24-35(22)56(2)52-39(24)54-64(4,61)62)27(13-18-11-19(41)14-20(42)12-18)48-29(58)17-57-36-30(33(50-57)37(43)44)25-15-26(25)40(36,45)46/h5-12,14,16,25-27,37H,13,15,17H2,1-4H3,(H,48,58)(H,51,53)(H,52,54)/t25?,26-,27+/m1/s1. The number of carbonyl (C=O) groups is 1. The fourth-order valence-electron chi connectivity index (χ4n) is 8.69. The van der Waals surface area contributed by atoms with Gasteiger partial charge in [-0.25, -0.2) is 39.4 Å². The van der Waals surface area contributed by atoms with E-state index in [2.05, 4.69) is 30.1 Å². The summed E-state index contributed by atoms with van der Waals surface area (Å²) in [5.74, 6) is -8.45. The minimum absolute atomic E-state index is 0.00431. The van der Waals surface area contributed by atoms with Crippen LogP contribution in [0.4, 0.5) is 38.0 Å². The molecule has 0 bridgehead atoms. The molecule has 4 heterocycles. The van der Waals surface area contributed by atoms with E-state index in [9.17, 15) is 39.2 Å². The lowest BCUT2D eigenvalue weighted by Crippen LogP contribution is -2.35. The molecule has 0 aliphatic heterocycles. The summed E-state index contributed by atoms with van der Waals surface area (Å²) in [6, 6.07) is 11.0. The van der Waals surface area contributed by atoms with Crippen molar-refractivity contribution in [3.8, 4) is 22.5 Å². The second kappa shape index (κ2) is 15.0. The first kappa shape index (κ1) is 42.7. The molecule has 64 heavy (non-hydrogen) atoms. The maximum absolute atomic E-state index is 15.5. The van der Waals surface area contributed by atoms with Crippen LogP contribution in [0.5, 0.6) is 0 Å². The molecule has 4 aromatic heterocycles.